The Morgan fingerprint density at radius 1 is 1.45 bits per heavy atom. The summed E-state index contributed by atoms with van der Waals surface area (Å²) < 4.78 is 15.1. The van der Waals surface area contributed by atoms with E-state index in [-0.39, 0.29) is 17.5 Å². The van der Waals surface area contributed by atoms with Crippen LogP contribution in [0, 0.1) is 5.82 Å². The molecular weight excluding hydrogens is 303 g/mol. The van der Waals surface area contributed by atoms with Crippen molar-refractivity contribution < 1.29 is 9.18 Å². The number of rotatable bonds is 6. The highest BCUT2D eigenvalue weighted by Gasteiger charge is 2.30. The molecule has 0 saturated heterocycles. The Morgan fingerprint density at radius 3 is 2.95 bits per heavy atom. The Balaban J connectivity index is 1.59. The first-order chi connectivity index (χ1) is 10.7. The van der Waals surface area contributed by atoms with E-state index in [1.54, 1.807) is 12.1 Å². The van der Waals surface area contributed by atoms with Crippen LogP contribution in [-0.2, 0) is 11.3 Å². The van der Waals surface area contributed by atoms with Gasteiger partial charge in [0.2, 0.25) is 5.91 Å². The number of amides is 1. The maximum absolute atomic E-state index is 13.1. The number of hydrogen-bond acceptors (Lipinski definition) is 4. The Bertz CT molecular complexity index is 684. The molecule has 0 radical (unpaired) electrons. The van der Waals surface area contributed by atoms with Crippen molar-refractivity contribution in [2.75, 3.05) is 11.1 Å². The Labute approximate surface area is 132 Å². The molecule has 1 aliphatic carbocycles. The van der Waals surface area contributed by atoms with Gasteiger partial charge in [0.25, 0.3) is 0 Å². The molecule has 0 atom stereocenters. The number of carbonyl (C=O) groups excluding carboxylic acids is 1. The van der Waals surface area contributed by atoms with E-state index in [0.717, 1.165) is 17.5 Å². The lowest BCUT2D eigenvalue weighted by atomic mass is 10.3. The predicted octanol–water partition coefficient (Wildman–Crippen LogP) is 3.05. The normalized spacial score (nSPS) is 14.1. The molecule has 0 aliphatic heterocycles. The highest BCUT2D eigenvalue weighted by Crippen LogP contribution is 2.39. The lowest BCUT2D eigenvalue weighted by Crippen LogP contribution is -2.14. The van der Waals surface area contributed by atoms with Crippen LogP contribution in [0.1, 0.15) is 31.5 Å². The molecule has 2 aromatic rings. The molecule has 1 aromatic carbocycles. The van der Waals surface area contributed by atoms with Gasteiger partial charge in [-0.05, 0) is 38.0 Å². The fourth-order valence-electron chi connectivity index (χ4n) is 2.24. The number of aromatic nitrogens is 3. The van der Waals surface area contributed by atoms with Gasteiger partial charge in [0.05, 0.1) is 5.75 Å². The van der Waals surface area contributed by atoms with Crippen molar-refractivity contribution in [2.45, 2.75) is 37.4 Å². The summed E-state index contributed by atoms with van der Waals surface area (Å²) in [7, 11) is 0. The van der Waals surface area contributed by atoms with Crippen molar-refractivity contribution in [3.8, 4) is 0 Å². The Hall–Kier alpha value is -1.89. The van der Waals surface area contributed by atoms with E-state index in [0.29, 0.717) is 11.6 Å². The van der Waals surface area contributed by atoms with Gasteiger partial charge in [0, 0.05) is 18.2 Å². The number of anilines is 1. The molecule has 1 saturated carbocycles. The van der Waals surface area contributed by atoms with Crippen molar-refractivity contribution in [1.29, 1.82) is 0 Å². The Kier molecular flexibility index (Phi) is 4.42. The summed E-state index contributed by atoms with van der Waals surface area (Å²) in [6, 6.07) is 5.86. The summed E-state index contributed by atoms with van der Waals surface area (Å²) >= 11 is 1.35. The van der Waals surface area contributed by atoms with Gasteiger partial charge >= 0.3 is 0 Å². The third-order valence-electron chi connectivity index (χ3n) is 3.44. The van der Waals surface area contributed by atoms with Gasteiger partial charge in [-0.15, -0.1) is 10.2 Å². The second-order valence-electron chi connectivity index (χ2n) is 5.21. The van der Waals surface area contributed by atoms with E-state index < -0.39 is 0 Å². The molecule has 1 N–H and O–H groups in total. The second kappa shape index (κ2) is 6.48. The minimum atomic E-state index is -0.370. The zero-order valence-electron chi connectivity index (χ0n) is 12.3. The van der Waals surface area contributed by atoms with Gasteiger partial charge in [-0.3, -0.25) is 4.79 Å². The smallest absolute Gasteiger partial charge is 0.234 e. The molecule has 0 spiro atoms. The van der Waals surface area contributed by atoms with Crippen molar-refractivity contribution >= 4 is 23.4 Å². The minimum Gasteiger partial charge on any atom is -0.325 e. The topological polar surface area (TPSA) is 59.8 Å². The average Bonchev–Trinajstić information content (AvgIpc) is 3.25. The molecule has 1 fully saturated rings. The zero-order valence-corrected chi connectivity index (χ0v) is 13.1. The summed E-state index contributed by atoms with van der Waals surface area (Å²) in [5.74, 6) is 1.22. The predicted molar refractivity (Wildman–Crippen MR) is 83.4 cm³/mol. The van der Waals surface area contributed by atoms with Crippen LogP contribution in [0.15, 0.2) is 29.4 Å². The molecule has 7 heteroatoms. The van der Waals surface area contributed by atoms with E-state index in [4.69, 9.17) is 0 Å². The van der Waals surface area contributed by atoms with Crippen molar-refractivity contribution in [3.63, 3.8) is 0 Å². The fourth-order valence-corrected chi connectivity index (χ4v) is 3.05. The summed E-state index contributed by atoms with van der Waals surface area (Å²) in [5, 5.41) is 11.8. The SMILES string of the molecule is CCn1c(SCC(=O)Nc2cccc(F)c2)nnc1C1CC1. The maximum Gasteiger partial charge on any atom is 0.234 e. The monoisotopic (exact) mass is 320 g/mol. The van der Waals surface area contributed by atoms with Crippen LogP contribution in [0.3, 0.4) is 0 Å². The standard InChI is InChI=1S/C15H17FN4OS/c1-2-20-14(10-6-7-10)18-19-15(20)22-9-13(21)17-12-5-3-4-11(16)8-12/h3-5,8,10H,2,6-7,9H2,1H3,(H,17,21). The van der Waals surface area contributed by atoms with Crippen LogP contribution in [0.2, 0.25) is 0 Å². The molecule has 0 bridgehead atoms. The first kappa shape index (κ1) is 15.0. The van der Waals surface area contributed by atoms with Gasteiger partial charge < -0.3 is 9.88 Å². The van der Waals surface area contributed by atoms with Crippen molar-refractivity contribution in [2.24, 2.45) is 0 Å². The van der Waals surface area contributed by atoms with Gasteiger partial charge in [-0.25, -0.2) is 4.39 Å². The van der Waals surface area contributed by atoms with Crippen LogP contribution in [0.25, 0.3) is 0 Å². The quantitative estimate of drug-likeness (QED) is 0.831. The molecule has 0 unspecified atom stereocenters. The van der Waals surface area contributed by atoms with Crippen LogP contribution in [-0.4, -0.2) is 26.4 Å². The van der Waals surface area contributed by atoms with Crippen LogP contribution in [0.5, 0.6) is 0 Å². The van der Waals surface area contributed by atoms with E-state index >= 15 is 0 Å². The maximum atomic E-state index is 13.1. The van der Waals surface area contributed by atoms with Gasteiger partial charge in [-0.1, -0.05) is 17.8 Å². The van der Waals surface area contributed by atoms with E-state index in [1.807, 2.05) is 6.92 Å². The van der Waals surface area contributed by atoms with Crippen LogP contribution in [0.4, 0.5) is 10.1 Å². The molecule has 1 amide bonds. The molecule has 1 aliphatic rings. The summed E-state index contributed by atoms with van der Waals surface area (Å²) in [5.41, 5.74) is 0.459. The Morgan fingerprint density at radius 2 is 2.27 bits per heavy atom. The molecule has 5 nitrogen and oxygen atoms in total. The number of nitrogens with zero attached hydrogens (tertiary/aromatic N) is 3. The molecule has 1 heterocycles. The highest BCUT2D eigenvalue weighted by molar-refractivity contribution is 7.99. The fraction of sp³-hybridized carbons (Fsp3) is 0.400. The molecular formula is C15H17FN4OS. The minimum absolute atomic E-state index is 0.186. The summed E-state index contributed by atoms with van der Waals surface area (Å²) in [6.45, 7) is 2.85. The lowest BCUT2D eigenvalue weighted by molar-refractivity contribution is -0.113. The molecule has 22 heavy (non-hydrogen) atoms. The number of benzene rings is 1. The third kappa shape index (κ3) is 3.47. The number of nitrogens with one attached hydrogen (secondary N) is 1. The summed E-state index contributed by atoms with van der Waals surface area (Å²) in [4.78, 5) is 11.9. The summed E-state index contributed by atoms with van der Waals surface area (Å²) in [6.07, 6.45) is 2.34. The van der Waals surface area contributed by atoms with E-state index in [1.165, 1.54) is 36.7 Å². The number of halogens is 1. The lowest BCUT2D eigenvalue weighted by Gasteiger charge is -2.07. The zero-order chi connectivity index (χ0) is 15.5. The average molecular weight is 320 g/mol. The number of carbonyl (C=O) groups is 1. The number of hydrogen-bond donors (Lipinski definition) is 1. The van der Waals surface area contributed by atoms with Crippen LogP contribution < -0.4 is 5.32 Å². The molecule has 3 rings (SSSR count). The van der Waals surface area contributed by atoms with Crippen LogP contribution >= 0.6 is 11.8 Å². The molecule has 116 valence electrons. The van der Waals surface area contributed by atoms with Gasteiger partial charge in [0.1, 0.15) is 11.6 Å². The van der Waals surface area contributed by atoms with E-state index in [2.05, 4.69) is 20.1 Å². The van der Waals surface area contributed by atoms with Gasteiger partial charge in [-0.2, -0.15) is 0 Å². The first-order valence-electron chi connectivity index (χ1n) is 7.28. The third-order valence-corrected chi connectivity index (χ3v) is 4.41. The highest BCUT2D eigenvalue weighted by atomic mass is 32.2. The first-order valence-corrected chi connectivity index (χ1v) is 8.27. The van der Waals surface area contributed by atoms with Gasteiger partial charge in [0.15, 0.2) is 5.16 Å². The van der Waals surface area contributed by atoms with Crippen molar-refractivity contribution in [1.82, 2.24) is 14.8 Å². The van der Waals surface area contributed by atoms with E-state index in [9.17, 15) is 9.18 Å². The molecule has 1 aromatic heterocycles. The number of thioether (sulfide) groups is 1. The largest absolute Gasteiger partial charge is 0.325 e. The van der Waals surface area contributed by atoms with Crippen molar-refractivity contribution in [3.05, 3.63) is 35.9 Å². The second-order valence-corrected chi connectivity index (χ2v) is 6.15.